The number of hydrogen-bond donors (Lipinski definition) is 0. The van der Waals surface area contributed by atoms with E-state index in [1.165, 1.54) is 11.8 Å². The number of rotatable bonds is 2. The third-order valence-corrected chi connectivity index (χ3v) is 6.67. The van der Waals surface area contributed by atoms with Crippen LogP contribution >= 0.6 is 0 Å². The maximum Gasteiger partial charge on any atom is 0.319 e. The summed E-state index contributed by atoms with van der Waals surface area (Å²) < 4.78 is 25.5. The van der Waals surface area contributed by atoms with Gasteiger partial charge in [-0.25, -0.2) is 17.5 Å². The molecular formula is C17H25N3O3S. The van der Waals surface area contributed by atoms with Gasteiger partial charge in [-0.2, -0.15) is 0 Å². The smallest absolute Gasteiger partial charge is 0.319 e. The molecule has 0 spiro atoms. The highest BCUT2D eigenvalue weighted by atomic mass is 32.2. The molecule has 0 N–H and O–H groups in total. The minimum Gasteiger partial charge on any atom is -0.331 e. The number of fused-ring (bicyclic) bond motifs is 1. The van der Waals surface area contributed by atoms with Crippen LogP contribution in [0.1, 0.15) is 12.0 Å². The first-order chi connectivity index (χ1) is 11.2. The van der Waals surface area contributed by atoms with Crippen LogP contribution in [0.2, 0.25) is 0 Å². The van der Waals surface area contributed by atoms with E-state index in [4.69, 9.17) is 0 Å². The van der Waals surface area contributed by atoms with Crippen LogP contribution in [0.3, 0.4) is 0 Å². The molecule has 2 saturated heterocycles. The molecule has 0 saturated carbocycles. The van der Waals surface area contributed by atoms with E-state index in [0.717, 1.165) is 6.42 Å². The molecule has 2 aliphatic rings. The van der Waals surface area contributed by atoms with Crippen LogP contribution in [0, 0.1) is 5.92 Å². The van der Waals surface area contributed by atoms with Gasteiger partial charge in [0.15, 0.2) is 0 Å². The zero-order valence-corrected chi connectivity index (χ0v) is 15.3. The zero-order valence-electron chi connectivity index (χ0n) is 14.5. The summed E-state index contributed by atoms with van der Waals surface area (Å²) in [6.45, 7) is 2.23. The van der Waals surface area contributed by atoms with Crippen LogP contribution in [0.5, 0.6) is 0 Å². The second kappa shape index (κ2) is 6.04. The summed E-state index contributed by atoms with van der Waals surface area (Å²) in [5.74, 6) is 0.118. The first kappa shape index (κ1) is 17.2. The number of amides is 2. The molecule has 1 aromatic rings. The number of urea groups is 1. The SMILES string of the molecule is CN(C)C(=O)N1C[C@H]2CN(S(C)(=O)=O)CC[C@@]2(c2ccccc2)C1. The summed E-state index contributed by atoms with van der Waals surface area (Å²) in [4.78, 5) is 15.9. The van der Waals surface area contributed by atoms with Gasteiger partial charge in [-0.05, 0) is 12.0 Å². The van der Waals surface area contributed by atoms with Crippen molar-refractivity contribution >= 4 is 16.1 Å². The number of sulfonamides is 1. The molecule has 3 rings (SSSR count). The molecule has 2 amide bonds. The van der Waals surface area contributed by atoms with E-state index in [9.17, 15) is 13.2 Å². The Morgan fingerprint density at radius 1 is 1.21 bits per heavy atom. The topological polar surface area (TPSA) is 60.9 Å². The Kier molecular flexibility index (Phi) is 4.34. The van der Waals surface area contributed by atoms with E-state index >= 15 is 0 Å². The van der Waals surface area contributed by atoms with E-state index in [-0.39, 0.29) is 17.4 Å². The van der Waals surface area contributed by atoms with Crippen molar-refractivity contribution in [2.24, 2.45) is 5.92 Å². The summed E-state index contributed by atoms with van der Waals surface area (Å²) in [6.07, 6.45) is 2.01. The van der Waals surface area contributed by atoms with Gasteiger partial charge in [-0.15, -0.1) is 0 Å². The molecule has 132 valence electrons. The van der Waals surface area contributed by atoms with E-state index in [1.807, 2.05) is 23.1 Å². The minimum absolute atomic E-state index is 0.00869. The van der Waals surface area contributed by atoms with E-state index in [2.05, 4.69) is 12.1 Å². The molecule has 0 radical (unpaired) electrons. The highest BCUT2D eigenvalue weighted by Gasteiger charge is 2.52. The van der Waals surface area contributed by atoms with Crippen molar-refractivity contribution < 1.29 is 13.2 Å². The van der Waals surface area contributed by atoms with Crippen LogP contribution < -0.4 is 0 Å². The Hall–Kier alpha value is -1.60. The Balaban J connectivity index is 1.96. The highest BCUT2D eigenvalue weighted by molar-refractivity contribution is 7.88. The molecule has 7 heteroatoms. The van der Waals surface area contributed by atoms with Crippen molar-refractivity contribution in [2.75, 3.05) is 46.5 Å². The maximum absolute atomic E-state index is 12.5. The van der Waals surface area contributed by atoms with Gasteiger partial charge in [0.1, 0.15) is 0 Å². The Labute approximate surface area is 144 Å². The van der Waals surface area contributed by atoms with Gasteiger partial charge in [0.2, 0.25) is 10.0 Å². The second-order valence-corrected chi connectivity index (χ2v) is 9.13. The van der Waals surface area contributed by atoms with Crippen molar-refractivity contribution in [3.63, 3.8) is 0 Å². The zero-order chi connectivity index (χ0) is 17.5. The molecule has 2 heterocycles. The first-order valence-corrected chi connectivity index (χ1v) is 10.1. The van der Waals surface area contributed by atoms with Crippen molar-refractivity contribution in [1.29, 1.82) is 0 Å². The normalized spacial score (nSPS) is 27.8. The first-order valence-electron chi connectivity index (χ1n) is 8.21. The fourth-order valence-electron chi connectivity index (χ4n) is 4.12. The van der Waals surface area contributed by atoms with Crippen LogP contribution in [0.25, 0.3) is 0 Å². The average Bonchev–Trinajstić information content (AvgIpc) is 2.93. The monoisotopic (exact) mass is 351 g/mol. The van der Waals surface area contributed by atoms with Gasteiger partial charge in [0.05, 0.1) is 6.26 Å². The predicted molar refractivity (Wildman–Crippen MR) is 93.3 cm³/mol. The number of hydrogen-bond acceptors (Lipinski definition) is 3. The number of carbonyl (C=O) groups is 1. The quantitative estimate of drug-likeness (QED) is 0.804. The Morgan fingerprint density at radius 2 is 1.88 bits per heavy atom. The van der Waals surface area contributed by atoms with Crippen molar-refractivity contribution in [3.8, 4) is 0 Å². The molecule has 0 bridgehead atoms. The lowest BCUT2D eigenvalue weighted by Gasteiger charge is -2.42. The molecule has 0 unspecified atom stereocenters. The summed E-state index contributed by atoms with van der Waals surface area (Å²) in [5, 5.41) is 0. The highest BCUT2D eigenvalue weighted by Crippen LogP contribution is 2.45. The van der Waals surface area contributed by atoms with Gasteiger partial charge in [0.25, 0.3) is 0 Å². The maximum atomic E-state index is 12.5. The van der Waals surface area contributed by atoms with E-state index in [0.29, 0.717) is 26.2 Å². The van der Waals surface area contributed by atoms with E-state index in [1.54, 1.807) is 23.3 Å². The standard InChI is InChI=1S/C17H25N3O3S/c1-18(2)16(21)19-11-15-12-20(24(3,22)23)10-9-17(15,13-19)14-7-5-4-6-8-14/h4-8,15H,9-13H2,1-3H3/t15-,17-/m0/s1. The van der Waals surface area contributed by atoms with Gasteiger partial charge < -0.3 is 9.80 Å². The average molecular weight is 351 g/mol. The van der Waals surface area contributed by atoms with Crippen LogP contribution in [-0.2, 0) is 15.4 Å². The van der Waals surface area contributed by atoms with E-state index < -0.39 is 10.0 Å². The Morgan fingerprint density at radius 3 is 2.46 bits per heavy atom. The molecule has 2 aliphatic heterocycles. The minimum atomic E-state index is -3.21. The van der Waals surface area contributed by atoms with Gasteiger partial charge >= 0.3 is 6.03 Å². The molecule has 24 heavy (non-hydrogen) atoms. The number of carbonyl (C=O) groups excluding carboxylic acids is 1. The van der Waals surface area contributed by atoms with Crippen LogP contribution in [-0.4, -0.2) is 75.1 Å². The lowest BCUT2D eigenvalue weighted by molar-refractivity contribution is 0.177. The summed E-state index contributed by atoms with van der Waals surface area (Å²) in [5.41, 5.74) is 1.05. The summed E-state index contributed by atoms with van der Waals surface area (Å²) in [7, 11) is 0.297. The van der Waals surface area contributed by atoms with Gasteiger partial charge in [-0.1, -0.05) is 30.3 Å². The lowest BCUT2D eigenvalue weighted by Crippen LogP contribution is -2.51. The number of likely N-dealkylation sites (tertiary alicyclic amines) is 1. The van der Waals surface area contributed by atoms with Crippen molar-refractivity contribution in [1.82, 2.24) is 14.1 Å². The number of nitrogens with zero attached hydrogens (tertiary/aromatic N) is 3. The molecular weight excluding hydrogens is 326 g/mol. The molecule has 1 aromatic carbocycles. The number of benzene rings is 1. The molecule has 0 aliphatic carbocycles. The fourth-order valence-corrected chi connectivity index (χ4v) is 5.00. The van der Waals surface area contributed by atoms with Crippen molar-refractivity contribution in [2.45, 2.75) is 11.8 Å². The fraction of sp³-hybridized carbons (Fsp3) is 0.588. The third kappa shape index (κ3) is 2.91. The van der Waals surface area contributed by atoms with Gasteiger partial charge in [-0.3, -0.25) is 0 Å². The largest absolute Gasteiger partial charge is 0.331 e. The summed E-state index contributed by atoms with van der Waals surface area (Å²) in [6, 6.07) is 10.2. The summed E-state index contributed by atoms with van der Waals surface area (Å²) >= 11 is 0. The molecule has 0 aromatic heterocycles. The third-order valence-electron chi connectivity index (χ3n) is 5.40. The Bertz CT molecular complexity index is 720. The van der Waals surface area contributed by atoms with Gasteiger partial charge in [0, 0.05) is 51.6 Å². The van der Waals surface area contributed by atoms with Crippen LogP contribution in [0.4, 0.5) is 4.79 Å². The lowest BCUT2D eigenvalue weighted by atomic mass is 9.68. The molecule has 6 nitrogen and oxygen atoms in total. The number of piperidine rings is 1. The van der Waals surface area contributed by atoms with Crippen LogP contribution in [0.15, 0.2) is 30.3 Å². The van der Waals surface area contributed by atoms with Crippen molar-refractivity contribution in [3.05, 3.63) is 35.9 Å². The predicted octanol–water partition coefficient (Wildman–Crippen LogP) is 1.20. The molecule has 2 fully saturated rings. The second-order valence-electron chi connectivity index (χ2n) is 7.15. The molecule has 2 atom stereocenters.